The molecule has 0 aliphatic heterocycles. The minimum Gasteiger partial charge on any atom is -0.481 e. The lowest BCUT2D eigenvalue weighted by atomic mass is 10.0. The van der Waals surface area contributed by atoms with Crippen LogP contribution in [0.3, 0.4) is 0 Å². The van der Waals surface area contributed by atoms with Crippen LogP contribution >= 0.6 is 0 Å². The number of carbonyl (C=O) groups is 2. The van der Waals surface area contributed by atoms with Crippen LogP contribution in [0.1, 0.15) is 96.8 Å². The Hall–Kier alpha value is -1.10. The summed E-state index contributed by atoms with van der Waals surface area (Å²) in [7, 11) is 0. The average molecular weight is 344 g/mol. The lowest BCUT2D eigenvalue weighted by Gasteiger charge is -2.18. The Morgan fingerprint density at radius 1 is 0.750 bits per heavy atom. The summed E-state index contributed by atoms with van der Waals surface area (Å²) in [5.74, 6) is -1.45. The molecule has 0 aromatic rings. The molecule has 0 aliphatic rings. The number of carboxylic acid groups (broad SMARTS) is 2. The Balaban J connectivity index is 3.74. The second kappa shape index (κ2) is 16.7. The van der Waals surface area contributed by atoms with Gasteiger partial charge in [0.15, 0.2) is 0 Å². The lowest BCUT2D eigenvalue weighted by molar-refractivity contribution is -0.138. The molecule has 0 amide bonds. The third-order valence-corrected chi connectivity index (χ3v) is 4.36. The normalized spacial score (nSPS) is 12.2. The summed E-state index contributed by atoms with van der Waals surface area (Å²) in [6, 6.07) is 0.297. The summed E-state index contributed by atoms with van der Waals surface area (Å²) in [4.78, 5) is 21.2. The van der Waals surface area contributed by atoms with E-state index in [1.807, 2.05) is 0 Å². The Morgan fingerprint density at radius 3 is 2.00 bits per heavy atom. The molecule has 5 nitrogen and oxygen atoms in total. The molecule has 0 radical (unpaired) electrons. The van der Waals surface area contributed by atoms with Gasteiger partial charge in [0.25, 0.3) is 0 Å². The molecule has 0 aliphatic carbocycles. The lowest BCUT2D eigenvalue weighted by Crippen LogP contribution is -2.30. The molecule has 0 fully saturated rings. The van der Waals surface area contributed by atoms with Gasteiger partial charge in [-0.05, 0) is 32.2 Å². The molecule has 0 saturated heterocycles. The predicted molar refractivity (Wildman–Crippen MR) is 97.4 cm³/mol. The molecule has 1 atom stereocenters. The van der Waals surface area contributed by atoms with Crippen LogP contribution < -0.4 is 5.32 Å². The van der Waals surface area contributed by atoms with Gasteiger partial charge in [0.1, 0.15) is 0 Å². The fourth-order valence-corrected chi connectivity index (χ4v) is 2.88. The first-order valence-corrected chi connectivity index (χ1v) is 9.73. The highest BCUT2D eigenvalue weighted by Crippen LogP contribution is 2.12. The van der Waals surface area contributed by atoms with E-state index in [1.165, 1.54) is 38.5 Å². The maximum Gasteiger partial charge on any atom is 0.303 e. The van der Waals surface area contributed by atoms with Gasteiger partial charge in [-0.3, -0.25) is 9.59 Å². The molecule has 3 N–H and O–H groups in total. The van der Waals surface area contributed by atoms with Gasteiger partial charge in [0.05, 0.1) is 0 Å². The second-order valence-electron chi connectivity index (χ2n) is 6.70. The smallest absolute Gasteiger partial charge is 0.303 e. The molecule has 0 unspecified atom stereocenters. The third-order valence-electron chi connectivity index (χ3n) is 4.36. The maximum absolute atomic E-state index is 10.8. The van der Waals surface area contributed by atoms with E-state index < -0.39 is 11.9 Å². The number of hydrogen-bond acceptors (Lipinski definition) is 3. The molecule has 0 saturated carbocycles. The second-order valence-corrected chi connectivity index (χ2v) is 6.70. The highest BCUT2D eigenvalue weighted by Gasteiger charge is 2.10. The minimum atomic E-state index is -0.724. The minimum absolute atomic E-state index is 0.228. The van der Waals surface area contributed by atoms with Gasteiger partial charge < -0.3 is 15.5 Å². The summed E-state index contributed by atoms with van der Waals surface area (Å²) >= 11 is 0. The Kier molecular flexibility index (Phi) is 16.0. The number of hydrogen-bond donors (Lipinski definition) is 3. The fourth-order valence-electron chi connectivity index (χ4n) is 2.88. The Morgan fingerprint density at radius 2 is 1.33 bits per heavy atom. The zero-order chi connectivity index (χ0) is 18.0. The molecule has 0 spiro atoms. The van der Waals surface area contributed by atoms with Crippen LogP contribution in [0, 0.1) is 0 Å². The first-order chi connectivity index (χ1) is 11.6. The Bertz CT molecular complexity index is 320. The number of carboxylic acids is 2. The molecule has 5 heteroatoms. The molecular weight excluding hydrogens is 306 g/mol. The van der Waals surface area contributed by atoms with Crippen molar-refractivity contribution >= 4 is 11.9 Å². The van der Waals surface area contributed by atoms with Gasteiger partial charge in [-0.15, -0.1) is 0 Å². The number of rotatable bonds is 18. The van der Waals surface area contributed by atoms with Crippen LogP contribution in [0.4, 0.5) is 0 Å². The monoisotopic (exact) mass is 343 g/mol. The van der Waals surface area contributed by atoms with Gasteiger partial charge in [0, 0.05) is 18.9 Å². The quantitative estimate of drug-likeness (QED) is 0.317. The molecular formula is C19H37NO4. The number of unbranched alkanes of at least 4 members (excludes halogenated alkanes) is 8. The van der Waals surface area contributed by atoms with Crippen LogP contribution in [0.15, 0.2) is 0 Å². The molecule has 0 heterocycles. The van der Waals surface area contributed by atoms with E-state index in [1.54, 1.807) is 0 Å². The topological polar surface area (TPSA) is 86.6 Å². The van der Waals surface area contributed by atoms with Gasteiger partial charge in [-0.1, -0.05) is 58.3 Å². The van der Waals surface area contributed by atoms with Gasteiger partial charge in [0.2, 0.25) is 0 Å². The summed E-state index contributed by atoms with van der Waals surface area (Å²) in [5.41, 5.74) is 0. The highest BCUT2D eigenvalue weighted by molar-refractivity contribution is 5.66. The van der Waals surface area contributed by atoms with Crippen molar-refractivity contribution in [3.05, 3.63) is 0 Å². The third kappa shape index (κ3) is 17.3. The summed E-state index contributed by atoms with van der Waals surface area (Å²) < 4.78 is 0. The first-order valence-electron chi connectivity index (χ1n) is 9.73. The van der Waals surface area contributed by atoms with Crippen molar-refractivity contribution in [1.82, 2.24) is 5.32 Å². The van der Waals surface area contributed by atoms with Crippen molar-refractivity contribution in [3.63, 3.8) is 0 Å². The van der Waals surface area contributed by atoms with Crippen molar-refractivity contribution in [2.24, 2.45) is 0 Å². The van der Waals surface area contributed by atoms with Gasteiger partial charge in [-0.25, -0.2) is 0 Å². The number of aliphatic carboxylic acids is 2. The van der Waals surface area contributed by atoms with Crippen molar-refractivity contribution in [2.75, 3.05) is 6.54 Å². The van der Waals surface area contributed by atoms with Gasteiger partial charge in [-0.2, -0.15) is 0 Å². The zero-order valence-electron chi connectivity index (χ0n) is 15.4. The van der Waals surface area contributed by atoms with Crippen LogP contribution in [0.25, 0.3) is 0 Å². The number of nitrogens with one attached hydrogen (secondary N) is 1. The van der Waals surface area contributed by atoms with E-state index in [9.17, 15) is 9.59 Å². The van der Waals surface area contributed by atoms with Crippen LogP contribution in [-0.2, 0) is 9.59 Å². The molecule has 24 heavy (non-hydrogen) atoms. The van der Waals surface area contributed by atoms with E-state index >= 15 is 0 Å². The molecule has 0 bridgehead atoms. The predicted octanol–water partition coefficient (Wildman–Crippen LogP) is 4.60. The molecule has 142 valence electrons. The summed E-state index contributed by atoms with van der Waals surface area (Å²) in [6.07, 6.45) is 13.5. The standard InChI is InChI=1S/C19H37NO4/c1-2-3-4-5-6-9-12-17(14-15-19(23)24)20-16-11-8-7-10-13-18(21)22/h17,20H,2-16H2,1H3,(H,21,22)(H,23,24)/t17-/m1/s1. The zero-order valence-corrected chi connectivity index (χ0v) is 15.4. The average Bonchev–Trinajstić information content (AvgIpc) is 2.53. The molecule has 0 aromatic carbocycles. The van der Waals surface area contributed by atoms with Crippen molar-refractivity contribution < 1.29 is 19.8 Å². The van der Waals surface area contributed by atoms with Crippen molar-refractivity contribution in [3.8, 4) is 0 Å². The van der Waals surface area contributed by atoms with E-state index in [-0.39, 0.29) is 12.8 Å². The van der Waals surface area contributed by atoms with Gasteiger partial charge >= 0.3 is 11.9 Å². The Labute approximate surface area is 147 Å². The molecule has 0 rings (SSSR count). The molecule has 0 aromatic heterocycles. The summed E-state index contributed by atoms with van der Waals surface area (Å²) in [5, 5.41) is 20.9. The maximum atomic E-state index is 10.8. The van der Waals surface area contributed by atoms with Crippen LogP contribution in [0.2, 0.25) is 0 Å². The van der Waals surface area contributed by atoms with E-state index in [0.29, 0.717) is 12.5 Å². The van der Waals surface area contributed by atoms with Crippen LogP contribution in [-0.4, -0.2) is 34.7 Å². The van der Waals surface area contributed by atoms with E-state index in [4.69, 9.17) is 10.2 Å². The largest absolute Gasteiger partial charge is 0.481 e. The van der Waals surface area contributed by atoms with Crippen molar-refractivity contribution in [1.29, 1.82) is 0 Å². The highest BCUT2D eigenvalue weighted by atomic mass is 16.4. The summed E-state index contributed by atoms with van der Waals surface area (Å²) in [6.45, 7) is 3.11. The fraction of sp³-hybridized carbons (Fsp3) is 0.895. The first kappa shape index (κ1) is 22.9. The van der Waals surface area contributed by atoms with E-state index in [2.05, 4.69) is 12.2 Å². The van der Waals surface area contributed by atoms with E-state index in [0.717, 1.165) is 38.6 Å². The SMILES string of the molecule is CCCCCCCC[C@H](CCC(=O)O)NCCCCCCC(=O)O. The van der Waals surface area contributed by atoms with Crippen LogP contribution in [0.5, 0.6) is 0 Å². The van der Waals surface area contributed by atoms with Crippen molar-refractivity contribution in [2.45, 2.75) is 103 Å².